The van der Waals surface area contributed by atoms with Crippen molar-refractivity contribution in [1.82, 2.24) is 10.3 Å². The Morgan fingerprint density at radius 3 is 2.67 bits per heavy atom. The van der Waals surface area contributed by atoms with Crippen molar-refractivity contribution in [2.24, 2.45) is 0 Å². The summed E-state index contributed by atoms with van der Waals surface area (Å²) in [6.45, 7) is 4.88. The normalized spacial score (nSPS) is 14.5. The van der Waals surface area contributed by atoms with Gasteiger partial charge in [-0.1, -0.05) is 0 Å². The number of morpholine rings is 1. The number of ether oxygens (including phenoxy) is 1. The zero-order chi connectivity index (χ0) is 16.9. The quantitative estimate of drug-likeness (QED) is 0.935. The van der Waals surface area contributed by atoms with Gasteiger partial charge >= 0.3 is 0 Å². The number of rotatable bonds is 4. The number of halogens is 1. The fourth-order valence-electron chi connectivity index (χ4n) is 2.63. The minimum Gasteiger partial charge on any atom is -0.378 e. The third kappa shape index (κ3) is 3.71. The van der Waals surface area contributed by atoms with Gasteiger partial charge in [0.25, 0.3) is 5.91 Å². The first kappa shape index (κ1) is 16.4. The third-order valence-corrected chi connectivity index (χ3v) is 4.08. The Balaban J connectivity index is 1.61. The highest BCUT2D eigenvalue weighted by Crippen LogP contribution is 2.17. The molecule has 0 unspecified atom stereocenters. The Labute approximate surface area is 140 Å². The van der Waals surface area contributed by atoms with Crippen LogP contribution in [0.5, 0.6) is 0 Å². The number of hydrogen-bond donors (Lipinski definition) is 1. The molecule has 1 amide bonds. The maximum absolute atomic E-state index is 13.9. The van der Waals surface area contributed by atoms with E-state index in [4.69, 9.17) is 4.74 Å². The van der Waals surface area contributed by atoms with Gasteiger partial charge in [-0.3, -0.25) is 9.78 Å². The number of nitrogens with one attached hydrogen (secondary N) is 1. The van der Waals surface area contributed by atoms with Crippen molar-refractivity contribution in [3.63, 3.8) is 0 Å². The molecule has 0 bridgehead atoms. The monoisotopic (exact) mass is 329 g/mol. The molecule has 6 heteroatoms. The second-order valence-electron chi connectivity index (χ2n) is 5.72. The first-order valence-corrected chi connectivity index (χ1v) is 7.96. The molecule has 24 heavy (non-hydrogen) atoms. The van der Waals surface area contributed by atoms with Gasteiger partial charge in [0.2, 0.25) is 0 Å². The fourth-order valence-corrected chi connectivity index (χ4v) is 2.63. The summed E-state index contributed by atoms with van der Waals surface area (Å²) < 4.78 is 19.2. The SMILES string of the molecule is Cc1ccnc(CNC(=O)c2ccc(N3CCOCC3)cc2)c1F. The summed E-state index contributed by atoms with van der Waals surface area (Å²) in [5.74, 6) is -0.619. The lowest BCUT2D eigenvalue weighted by atomic mass is 10.1. The largest absolute Gasteiger partial charge is 0.378 e. The average Bonchev–Trinajstić information content (AvgIpc) is 2.63. The number of carbonyl (C=O) groups excluding carboxylic acids is 1. The van der Waals surface area contributed by atoms with Crippen LogP contribution in [0.25, 0.3) is 0 Å². The summed E-state index contributed by atoms with van der Waals surface area (Å²) in [5.41, 5.74) is 2.37. The summed E-state index contributed by atoms with van der Waals surface area (Å²) in [5, 5.41) is 2.71. The van der Waals surface area contributed by atoms with E-state index in [1.54, 1.807) is 25.1 Å². The van der Waals surface area contributed by atoms with E-state index in [1.165, 1.54) is 6.20 Å². The molecule has 0 saturated carbocycles. The lowest BCUT2D eigenvalue weighted by Gasteiger charge is -2.28. The number of anilines is 1. The van der Waals surface area contributed by atoms with Gasteiger partial charge in [-0.2, -0.15) is 0 Å². The Hall–Kier alpha value is -2.47. The molecule has 1 aromatic carbocycles. The van der Waals surface area contributed by atoms with Crippen LogP contribution in [0.2, 0.25) is 0 Å². The molecule has 1 aliphatic heterocycles. The highest BCUT2D eigenvalue weighted by atomic mass is 19.1. The lowest BCUT2D eigenvalue weighted by molar-refractivity contribution is 0.0950. The van der Waals surface area contributed by atoms with E-state index in [0.717, 1.165) is 32.0 Å². The van der Waals surface area contributed by atoms with Gasteiger partial charge in [-0.15, -0.1) is 0 Å². The second-order valence-corrected chi connectivity index (χ2v) is 5.72. The maximum Gasteiger partial charge on any atom is 0.251 e. The number of carbonyl (C=O) groups is 1. The predicted octanol–water partition coefficient (Wildman–Crippen LogP) is 2.30. The Morgan fingerprint density at radius 2 is 1.96 bits per heavy atom. The number of nitrogens with zero attached hydrogens (tertiary/aromatic N) is 2. The molecule has 0 spiro atoms. The summed E-state index contributed by atoms with van der Waals surface area (Å²) in [6, 6.07) is 9.00. The molecule has 2 heterocycles. The van der Waals surface area contributed by atoms with E-state index >= 15 is 0 Å². The van der Waals surface area contributed by atoms with Crippen LogP contribution in [-0.2, 0) is 11.3 Å². The summed E-state index contributed by atoms with van der Waals surface area (Å²) >= 11 is 0. The molecule has 2 aromatic rings. The lowest BCUT2D eigenvalue weighted by Crippen LogP contribution is -2.36. The minimum absolute atomic E-state index is 0.0670. The Morgan fingerprint density at radius 1 is 1.25 bits per heavy atom. The van der Waals surface area contributed by atoms with Gasteiger partial charge in [0, 0.05) is 30.5 Å². The summed E-state index contributed by atoms with van der Waals surface area (Å²) in [6.07, 6.45) is 1.54. The zero-order valence-corrected chi connectivity index (χ0v) is 13.6. The van der Waals surface area contributed by atoms with Gasteiger partial charge in [-0.25, -0.2) is 4.39 Å². The molecule has 126 valence electrons. The Bertz CT molecular complexity index is 713. The van der Waals surface area contributed by atoms with Crippen LogP contribution in [-0.4, -0.2) is 37.2 Å². The average molecular weight is 329 g/mol. The van der Waals surface area contributed by atoms with Gasteiger partial charge < -0.3 is 15.0 Å². The van der Waals surface area contributed by atoms with Crippen LogP contribution in [0.3, 0.4) is 0 Å². The van der Waals surface area contributed by atoms with E-state index < -0.39 is 0 Å². The van der Waals surface area contributed by atoms with Crippen LogP contribution in [0.1, 0.15) is 21.6 Å². The number of hydrogen-bond acceptors (Lipinski definition) is 4. The van der Waals surface area contributed by atoms with Crippen LogP contribution >= 0.6 is 0 Å². The zero-order valence-electron chi connectivity index (χ0n) is 13.6. The second kappa shape index (κ2) is 7.40. The van der Waals surface area contributed by atoms with Crippen molar-refractivity contribution in [3.05, 3.63) is 59.2 Å². The van der Waals surface area contributed by atoms with Crippen LogP contribution in [0.15, 0.2) is 36.5 Å². The first-order valence-electron chi connectivity index (χ1n) is 7.96. The fraction of sp³-hybridized carbons (Fsp3) is 0.333. The van der Waals surface area contributed by atoms with E-state index in [9.17, 15) is 9.18 Å². The van der Waals surface area contributed by atoms with Crippen molar-refractivity contribution < 1.29 is 13.9 Å². The van der Waals surface area contributed by atoms with Crippen LogP contribution in [0.4, 0.5) is 10.1 Å². The highest BCUT2D eigenvalue weighted by molar-refractivity contribution is 5.94. The van der Waals surface area contributed by atoms with Gasteiger partial charge in [0.1, 0.15) is 5.82 Å². The molecular weight excluding hydrogens is 309 g/mol. The molecule has 1 N–H and O–H groups in total. The molecule has 1 aliphatic rings. The molecule has 3 rings (SSSR count). The van der Waals surface area contributed by atoms with Gasteiger partial charge in [0.05, 0.1) is 25.5 Å². The standard InChI is InChI=1S/C18H20FN3O2/c1-13-6-7-20-16(17(13)19)12-21-18(23)14-2-4-15(5-3-14)22-8-10-24-11-9-22/h2-7H,8-12H2,1H3,(H,21,23). The van der Waals surface area contributed by atoms with E-state index in [2.05, 4.69) is 15.2 Å². The van der Waals surface area contributed by atoms with Gasteiger partial charge in [-0.05, 0) is 42.8 Å². The maximum atomic E-state index is 13.9. The van der Waals surface area contributed by atoms with Crippen molar-refractivity contribution in [1.29, 1.82) is 0 Å². The van der Waals surface area contributed by atoms with Crippen molar-refractivity contribution >= 4 is 11.6 Å². The van der Waals surface area contributed by atoms with E-state index in [0.29, 0.717) is 11.1 Å². The van der Waals surface area contributed by atoms with E-state index in [1.807, 2.05) is 12.1 Å². The molecule has 5 nitrogen and oxygen atoms in total. The number of benzene rings is 1. The van der Waals surface area contributed by atoms with Crippen molar-refractivity contribution in [2.45, 2.75) is 13.5 Å². The summed E-state index contributed by atoms with van der Waals surface area (Å²) in [7, 11) is 0. The smallest absolute Gasteiger partial charge is 0.251 e. The minimum atomic E-state index is -0.375. The van der Waals surface area contributed by atoms with Crippen molar-refractivity contribution in [2.75, 3.05) is 31.2 Å². The molecular formula is C18H20FN3O2. The molecule has 1 fully saturated rings. The van der Waals surface area contributed by atoms with E-state index in [-0.39, 0.29) is 24.0 Å². The Kier molecular flexibility index (Phi) is 5.05. The molecule has 1 saturated heterocycles. The van der Waals surface area contributed by atoms with Gasteiger partial charge in [0.15, 0.2) is 0 Å². The number of pyridine rings is 1. The number of aryl methyl sites for hydroxylation is 1. The molecule has 0 radical (unpaired) electrons. The number of amides is 1. The molecule has 0 atom stereocenters. The third-order valence-electron chi connectivity index (χ3n) is 4.08. The topological polar surface area (TPSA) is 54.5 Å². The predicted molar refractivity (Wildman–Crippen MR) is 89.6 cm³/mol. The highest BCUT2D eigenvalue weighted by Gasteiger charge is 2.13. The van der Waals surface area contributed by atoms with Crippen molar-refractivity contribution in [3.8, 4) is 0 Å². The first-order chi connectivity index (χ1) is 11.6. The summed E-state index contributed by atoms with van der Waals surface area (Å²) in [4.78, 5) is 18.4. The molecule has 0 aliphatic carbocycles. The van der Waals surface area contributed by atoms with Crippen LogP contribution in [0, 0.1) is 12.7 Å². The van der Waals surface area contributed by atoms with Crippen LogP contribution < -0.4 is 10.2 Å². The number of aromatic nitrogens is 1. The molecule has 1 aromatic heterocycles.